The second-order valence-electron chi connectivity index (χ2n) is 6.45. The van der Waals surface area contributed by atoms with Crippen LogP contribution in [0.5, 0.6) is 11.5 Å². The van der Waals surface area contributed by atoms with Crippen LogP contribution in [0.15, 0.2) is 76.2 Å². The van der Waals surface area contributed by atoms with E-state index in [-0.39, 0.29) is 17.1 Å². The Morgan fingerprint density at radius 3 is 2.55 bits per heavy atom. The minimum Gasteiger partial charge on any atom is -0.497 e. The first-order valence-electron chi connectivity index (χ1n) is 8.91. The normalized spacial score (nSPS) is 10.7. The molecule has 0 aliphatic carbocycles. The summed E-state index contributed by atoms with van der Waals surface area (Å²) < 4.78 is 16.7. The molecule has 0 unspecified atom stereocenters. The predicted molar refractivity (Wildman–Crippen MR) is 108 cm³/mol. The number of aryl methyl sites for hydroxylation is 1. The average Bonchev–Trinajstić information content (AvgIpc) is 2.76. The number of pyridine rings is 1. The van der Waals surface area contributed by atoms with E-state index in [1.807, 2.05) is 13.0 Å². The van der Waals surface area contributed by atoms with Crippen molar-refractivity contribution in [1.82, 2.24) is 4.98 Å². The summed E-state index contributed by atoms with van der Waals surface area (Å²) in [5, 5.41) is 0.344. The Morgan fingerprint density at radius 2 is 1.86 bits per heavy atom. The maximum Gasteiger partial charge on any atom is 0.345 e. The lowest BCUT2D eigenvalue weighted by molar-refractivity contribution is 0.0731. The summed E-state index contributed by atoms with van der Waals surface area (Å²) in [7, 11) is 1.56. The van der Waals surface area contributed by atoms with E-state index in [4.69, 9.17) is 13.9 Å². The summed E-state index contributed by atoms with van der Waals surface area (Å²) in [5.74, 6) is -0.0260. The molecule has 4 rings (SSSR count). The van der Waals surface area contributed by atoms with Crippen molar-refractivity contribution in [3.8, 4) is 22.8 Å². The summed E-state index contributed by atoms with van der Waals surface area (Å²) in [6.45, 7) is 1.87. The van der Waals surface area contributed by atoms with Crippen molar-refractivity contribution in [2.24, 2.45) is 0 Å². The molecule has 0 saturated heterocycles. The van der Waals surface area contributed by atoms with Crippen molar-refractivity contribution in [3.63, 3.8) is 0 Å². The van der Waals surface area contributed by atoms with E-state index in [9.17, 15) is 9.59 Å². The standard InChI is InChI=1S/C23H17NO5/c1-14-5-10-19-18(12-14)20(25)22(29-23(26)16-4-3-11-24-13-16)21(28-19)15-6-8-17(27-2)9-7-15/h3-13H,1-2H3. The van der Waals surface area contributed by atoms with Gasteiger partial charge < -0.3 is 13.9 Å². The van der Waals surface area contributed by atoms with E-state index in [0.29, 0.717) is 22.3 Å². The minimum absolute atomic E-state index is 0.165. The molecule has 0 bridgehead atoms. The molecule has 0 N–H and O–H groups in total. The van der Waals surface area contributed by atoms with Crippen LogP contribution >= 0.6 is 0 Å². The molecule has 2 aromatic heterocycles. The van der Waals surface area contributed by atoms with Crippen molar-refractivity contribution >= 4 is 16.9 Å². The van der Waals surface area contributed by atoms with Crippen molar-refractivity contribution in [1.29, 1.82) is 0 Å². The Labute approximate surface area is 166 Å². The lowest BCUT2D eigenvalue weighted by Gasteiger charge is -2.11. The number of ether oxygens (including phenoxy) is 2. The molecule has 0 saturated carbocycles. The molecule has 6 heteroatoms. The second kappa shape index (κ2) is 7.59. The summed E-state index contributed by atoms with van der Waals surface area (Å²) >= 11 is 0. The van der Waals surface area contributed by atoms with Crippen LogP contribution in [0, 0.1) is 6.92 Å². The first kappa shape index (κ1) is 18.4. The molecule has 0 spiro atoms. The molecule has 2 aromatic carbocycles. The van der Waals surface area contributed by atoms with Crippen LogP contribution in [0.2, 0.25) is 0 Å². The van der Waals surface area contributed by atoms with Gasteiger partial charge in [-0.1, -0.05) is 11.6 Å². The summed E-state index contributed by atoms with van der Waals surface area (Å²) in [5.41, 5.74) is 1.70. The third-order valence-corrected chi connectivity index (χ3v) is 4.45. The number of carbonyl (C=O) groups excluding carboxylic acids is 1. The molecular weight excluding hydrogens is 370 g/mol. The number of esters is 1. The number of nitrogens with zero attached hydrogens (tertiary/aromatic N) is 1. The van der Waals surface area contributed by atoms with Crippen molar-refractivity contribution in [2.75, 3.05) is 7.11 Å². The molecule has 2 heterocycles. The number of benzene rings is 2. The fourth-order valence-corrected chi connectivity index (χ4v) is 2.95. The first-order chi connectivity index (χ1) is 14.1. The molecule has 144 valence electrons. The number of aromatic nitrogens is 1. The highest BCUT2D eigenvalue weighted by molar-refractivity contribution is 5.92. The smallest absolute Gasteiger partial charge is 0.345 e. The van der Waals surface area contributed by atoms with E-state index < -0.39 is 11.4 Å². The van der Waals surface area contributed by atoms with Gasteiger partial charge in [-0.2, -0.15) is 0 Å². The predicted octanol–water partition coefficient (Wildman–Crippen LogP) is 4.39. The van der Waals surface area contributed by atoms with Crippen molar-refractivity contribution < 1.29 is 18.7 Å². The molecule has 0 amide bonds. The fraction of sp³-hybridized carbons (Fsp3) is 0.0870. The Bertz CT molecular complexity index is 1240. The maximum absolute atomic E-state index is 13.2. The Balaban J connectivity index is 1.90. The van der Waals surface area contributed by atoms with Gasteiger partial charge >= 0.3 is 5.97 Å². The number of carbonyl (C=O) groups is 1. The SMILES string of the molecule is COc1ccc(-c2oc3ccc(C)cc3c(=O)c2OC(=O)c2cccnc2)cc1. The van der Waals surface area contributed by atoms with Gasteiger partial charge in [0.15, 0.2) is 5.76 Å². The van der Waals surface area contributed by atoms with E-state index in [0.717, 1.165) is 5.56 Å². The number of hydrogen-bond acceptors (Lipinski definition) is 6. The van der Waals surface area contributed by atoms with Gasteiger partial charge in [0.2, 0.25) is 11.2 Å². The highest BCUT2D eigenvalue weighted by atomic mass is 16.5. The average molecular weight is 387 g/mol. The van der Waals surface area contributed by atoms with Gasteiger partial charge in [0.25, 0.3) is 0 Å². The van der Waals surface area contributed by atoms with Gasteiger partial charge in [0, 0.05) is 18.0 Å². The summed E-state index contributed by atoms with van der Waals surface area (Å²) in [6, 6.07) is 15.4. The quantitative estimate of drug-likeness (QED) is 0.483. The number of hydrogen-bond donors (Lipinski definition) is 0. The van der Waals surface area contributed by atoms with E-state index in [1.54, 1.807) is 61.8 Å². The topological polar surface area (TPSA) is 78.6 Å². The van der Waals surface area contributed by atoms with Crippen molar-refractivity contribution in [3.05, 3.63) is 88.3 Å². The summed E-state index contributed by atoms with van der Waals surface area (Å²) in [4.78, 5) is 29.7. The molecule has 4 aromatic rings. The van der Waals surface area contributed by atoms with E-state index >= 15 is 0 Å². The highest BCUT2D eigenvalue weighted by Gasteiger charge is 2.21. The van der Waals surface area contributed by atoms with Crippen LogP contribution in [0.25, 0.3) is 22.3 Å². The Kier molecular flexibility index (Phi) is 4.83. The lowest BCUT2D eigenvalue weighted by Crippen LogP contribution is -2.16. The molecule has 29 heavy (non-hydrogen) atoms. The van der Waals surface area contributed by atoms with Crippen molar-refractivity contribution in [2.45, 2.75) is 6.92 Å². The van der Waals surface area contributed by atoms with Crippen LogP contribution in [0.4, 0.5) is 0 Å². The Morgan fingerprint density at radius 1 is 1.07 bits per heavy atom. The van der Waals surface area contributed by atoms with Gasteiger partial charge in [0.1, 0.15) is 11.3 Å². The molecule has 0 aliphatic heterocycles. The van der Waals surface area contributed by atoms with E-state index in [1.165, 1.54) is 6.20 Å². The molecule has 0 atom stereocenters. The molecule has 0 radical (unpaired) electrons. The van der Waals surface area contributed by atoms with Crippen LogP contribution in [0.3, 0.4) is 0 Å². The summed E-state index contributed by atoms with van der Waals surface area (Å²) in [6.07, 6.45) is 2.93. The monoisotopic (exact) mass is 387 g/mol. The van der Waals surface area contributed by atoms with Gasteiger partial charge in [-0.05, 0) is 55.5 Å². The molecule has 0 fully saturated rings. The zero-order valence-electron chi connectivity index (χ0n) is 15.8. The van der Waals surface area contributed by atoms with Crippen LogP contribution < -0.4 is 14.9 Å². The minimum atomic E-state index is -0.688. The third-order valence-electron chi connectivity index (χ3n) is 4.45. The molecule has 0 aliphatic rings. The third kappa shape index (κ3) is 3.60. The van der Waals surface area contributed by atoms with Gasteiger partial charge in [-0.25, -0.2) is 4.79 Å². The number of fused-ring (bicyclic) bond motifs is 1. The zero-order chi connectivity index (χ0) is 20.4. The van der Waals surface area contributed by atoms with E-state index in [2.05, 4.69) is 4.98 Å². The zero-order valence-corrected chi connectivity index (χ0v) is 15.8. The number of methoxy groups -OCH3 is 1. The van der Waals surface area contributed by atoms with Crippen LogP contribution in [-0.4, -0.2) is 18.1 Å². The maximum atomic E-state index is 13.2. The van der Waals surface area contributed by atoms with Gasteiger partial charge in [-0.15, -0.1) is 0 Å². The largest absolute Gasteiger partial charge is 0.497 e. The Hall–Kier alpha value is -3.93. The molecular formula is C23H17NO5. The fourth-order valence-electron chi connectivity index (χ4n) is 2.95. The lowest BCUT2D eigenvalue weighted by atomic mass is 10.1. The van der Waals surface area contributed by atoms with Gasteiger partial charge in [0.05, 0.1) is 18.1 Å². The number of rotatable bonds is 4. The van der Waals surface area contributed by atoms with Crippen LogP contribution in [0.1, 0.15) is 15.9 Å². The van der Waals surface area contributed by atoms with Crippen LogP contribution in [-0.2, 0) is 0 Å². The van der Waals surface area contributed by atoms with Gasteiger partial charge in [-0.3, -0.25) is 9.78 Å². The second-order valence-corrected chi connectivity index (χ2v) is 6.45. The highest BCUT2D eigenvalue weighted by Crippen LogP contribution is 2.32. The first-order valence-corrected chi connectivity index (χ1v) is 8.91. The molecule has 6 nitrogen and oxygen atoms in total.